The number of nitrogens with one attached hydrogen (secondary N) is 1. The Morgan fingerprint density at radius 3 is 2.44 bits per heavy atom. The molecular weight excluding hydrogens is 229 g/mol. The van der Waals surface area contributed by atoms with Crippen LogP contribution in [0.25, 0.3) is 6.20 Å². The minimum Gasteiger partial charge on any atom is -0.299 e. The summed E-state index contributed by atoms with van der Waals surface area (Å²) in [6.07, 6.45) is -2.63. The van der Waals surface area contributed by atoms with Gasteiger partial charge in [0.25, 0.3) is 5.56 Å². The Morgan fingerprint density at radius 2 is 1.94 bits per heavy atom. The number of nitrogens with zero attached hydrogens (tertiary/aromatic N) is 1. The zero-order chi connectivity index (χ0) is 12.3. The molecule has 0 bridgehead atoms. The van der Waals surface area contributed by atoms with Crippen LogP contribution < -0.4 is 11.2 Å². The Kier molecular flexibility index (Phi) is 3.11. The fourth-order valence-electron chi connectivity index (χ4n) is 0.926. The maximum Gasteiger partial charge on any atom is 0.423 e. The first-order valence-electron chi connectivity index (χ1n) is 3.91. The lowest BCUT2D eigenvalue weighted by Gasteiger charge is -2.06. The van der Waals surface area contributed by atoms with Crippen molar-refractivity contribution in [3.8, 4) is 0 Å². The molecule has 0 aromatic carbocycles. The fraction of sp³-hybridized carbons (Fsp3) is 0.125. The SMILES string of the molecule is O=C/C=C/n1cc(C(F)(F)F)c(=O)[nH]c1=O. The first kappa shape index (κ1) is 12.0. The molecule has 0 fully saturated rings. The van der Waals surface area contributed by atoms with Crippen molar-refractivity contribution < 1.29 is 18.0 Å². The molecule has 0 atom stereocenters. The fourth-order valence-corrected chi connectivity index (χ4v) is 0.926. The van der Waals surface area contributed by atoms with Crippen LogP contribution in [0.15, 0.2) is 21.9 Å². The van der Waals surface area contributed by atoms with Crippen molar-refractivity contribution in [2.24, 2.45) is 0 Å². The van der Waals surface area contributed by atoms with Gasteiger partial charge in [0.2, 0.25) is 0 Å². The molecule has 1 heterocycles. The van der Waals surface area contributed by atoms with E-state index in [4.69, 9.17) is 0 Å². The lowest BCUT2D eigenvalue weighted by Crippen LogP contribution is -2.32. The van der Waals surface area contributed by atoms with Gasteiger partial charge < -0.3 is 0 Å². The average molecular weight is 234 g/mol. The van der Waals surface area contributed by atoms with E-state index in [1.165, 1.54) is 4.98 Å². The molecule has 5 nitrogen and oxygen atoms in total. The predicted molar refractivity (Wildman–Crippen MR) is 47.7 cm³/mol. The minimum atomic E-state index is -4.86. The molecule has 0 saturated heterocycles. The smallest absolute Gasteiger partial charge is 0.299 e. The molecule has 1 aromatic rings. The molecule has 0 saturated carbocycles. The average Bonchev–Trinajstić information content (AvgIpc) is 2.14. The number of hydrogen-bond acceptors (Lipinski definition) is 3. The van der Waals surface area contributed by atoms with Gasteiger partial charge in [-0.1, -0.05) is 0 Å². The molecule has 1 aromatic heterocycles. The quantitative estimate of drug-likeness (QED) is 0.587. The summed E-state index contributed by atoms with van der Waals surface area (Å²) >= 11 is 0. The minimum absolute atomic E-state index is 0.283. The van der Waals surface area contributed by atoms with Gasteiger partial charge in [0.1, 0.15) is 11.8 Å². The van der Waals surface area contributed by atoms with Crippen molar-refractivity contribution in [3.05, 3.63) is 38.7 Å². The van der Waals surface area contributed by atoms with Crippen LogP contribution in [0.3, 0.4) is 0 Å². The number of carbonyl (C=O) groups excluding carboxylic acids is 1. The monoisotopic (exact) mass is 234 g/mol. The van der Waals surface area contributed by atoms with Crippen LogP contribution in [-0.2, 0) is 11.0 Å². The molecule has 0 spiro atoms. The van der Waals surface area contributed by atoms with Gasteiger partial charge in [-0.05, 0) is 6.08 Å². The standard InChI is InChI=1S/C8H5F3N2O3/c9-8(10,11)5-4-13(2-1-3-14)7(16)12-6(5)15/h1-4H,(H,12,15,16)/b2-1+. The summed E-state index contributed by atoms with van der Waals surface area (Å²) in [7, 11) is 0. The molecule has 1 rings (SSSR count). The summed E-state index contributed by atoms with van der Waals surface area (Å²) in [6.45, 7) is 0. The van der Waals surface area contributed by atoms with E-state index in [1.54, 1.807) is 0 Å². The Labute approximate surface area is 85.8 Å². The zero-order valence-corrected chi connectivity index (χ0v) is 7.62. The number of rotatable bonds is 2. The van der Waals surface area contributed by atoms with E-state index in [1.807, 2.05) is 0 Å². The van der Waals surface area contributed by atoms with Gasteiger partial charge in [-0.3, -0.25) is 19.1 Å². The second kappa shape index (κ2) is 4.17. The number of H-pyrrole nitrogens is 1. The highest BCUT2D eigenvalue weighted by Gasteiger charge is 2.34. The van der Waals surface area contributed by atoms with Crippen molar-refractivity contribution in [1.82, 2.24) is 9.55 Å². The van der Waals surface area contributed by atoms with Crippen molar-refractivity contribution in [1.29, 1.82) is 0 Å². The number of hydrogen-bond donors (Lipinski definition) is 1. The molecule has 1 N–H and O–H groups in total. The van der Waals surface area contributed by atoms with Crippen molar-refractivity contribution >= 4 is 12.5 Å². The van der Waals surface area contributed by atoms with E-state index < -0.39 is 23.0 Å². The molecular formula is C8H5F3N2O3. The molecule has 8 heteroatoms. The summed E-state index contributed by atoms with van der Waals surface area (Å²) in [4.78, 5) is 33.3. The molecule has 16 heavy (non-hydrogen) atoms. The molecule has 0 radical (unpaired) electrons. The predicted octanol–water partition coefficient (Wildman–Crippen LogP) is 0.225. The maximum atomic E-state index is 12.3. The van der Waals surface area contributed by atoms with Gasteiger partial charge in [-0.25, -0.2) is 4.79 Å². The van der Waals surface area contributed by atoms with Gasteiger partial charge in [-0.15, -0.1) is 0 Å². The van der Waals surface area contributed by atoms with Crippen LogP contribution in [0.2, 0.25) is 0 Å². The number of halogens is 3. The van der Waals surface area contributed by atoms with E-state index in [9.17, 15) is 27.6 Å². The molecule has 0 aliphatic carbocycles. The Bertz CT molecular complexity index is 539. The van der Waals surface area contributed by atoms with Gasteiger partial charge in [0, 0.05) is 12.4 Å². The zero-order valence-electron chi connectivity index (χ0n) is 7.62. The third-order valence-corrected chi connectivity index (χ3v) is 1.60. The number of aromatic amines is 1. The van der Waals surface area contributed by atoms with E-state index in [0.717, 1.165) is 12.3 Å². The number of aromatic nitrogens is 2. The highest BCUT2D eigenvalue weighted by Crippen LogP contribution is 2.25. The number of allylic oxidation sites excluding steroid dienone is 1. The van der Waals surface area contributed by atoms with Crippen LogP contribution >= 0.6 is 0 Å². The molecule has 0 unspecified atom stereocenters. The van der Waals surface area contributed by atoms with E-state index in [2.05, 4.69) is 0 Å². The highest BCUT2D eigenvalue weighted by molar-refractivity contribution is 5.69. The Hall–Kier alpha value is -2.12. The van der Waals surface area contributed by atoms with Crippen molar-refractivity contribution in [2.45, 2.75) is 6.18 Å². The number of alkyl halides is 3. The van der Waals surface area contributed by atoms with E-state index in [0.29, 0.717) is 10.8 Å². The third kappa shape index (κ3) is 2.47. The normalized spacial score (nSPS) is 11.9. The second-order valence-electron chi connectivity index (χ2n) is 2.68. The lowest BCUT2D eigenvalue weighted by molar-refractivity contribution is -0.139. The summed E-state index contributed by atoms with van der Waals surface area (Å²) < 4.78 is 37.2. The topological polar surface area (TPSA) is 71.9 Å². The highest BCUT2D eigenvalue weighted by atomic mass is 19.4. The summed E-state index contributed by atoms with van der Waals surface area (Å²) in [5.74, 6) is 0. The van der Waals surface area contributed by atoms with E-state index in [-0.39, 0.29) is 6.29 Å². The van der Waals surface area contributed by atoms with E-state index >= 15 is 0 Å². The number of aldehydes is 1. The van der Waals surface area contributed by atoms with Crippen molar-refractivity contribution in [3.63, 3.8) is 0 Å². The lowest BCUT2D eigenvalue weighted by atomic mass is 10.3. The molecule has 0 aliphatic rings. The summed E-state index contributed by atoms with van der Waals surface area (Å²) in [6, 6.07) is 0. The van der Waals surface area contributed by atoms with Gasteiger partial charge in [0.15, 0.2) is 0 Å². The maximum absolute atomic E-state index is 12.3. The van der Waals surface area contributed by atoms with Gasteiger partial charge in [-0.2, -0.15) is 13.2 Å². The first-order chi connectivity index (χ1) is 7.36. The first-order valence-corrected chi connectivity index (χ1v) is 3.91. The van der Waals surface area contributed by atoms with Crippen molar-refractivity contribution in [2.75, 3.05) is 0 Å². The van der Waals surface area contributed by atoms with Gasteiger partial charge in [0.05, 0.1) is 0 Å². The Balaban J connectivity index is 3.45. The summed E-state index contributed by atoms with van der Waals surface area (Å²) in [5.41, 5.74) is -4.09. The van der Waals surface area contributed by atoms with Crippen LogP contribution in [0.5, 0.6) is 0 Å². The third-order valence-electron chi connectivity index (χ3n) is 1.60. The Morgan fingerprint density at radius 1 is 1.31 bits per heavy atom. The van der Waals surface area contributed by atoms with Crippen LogP contribution in [-0.4, -0.2) is 15.8 Å². The van der Waals surface area contributed by atoms with Crippen LogP contribution in [0.1, 0.15) is 5.56 Å². The van der Waals surface area contributed by atoms with Crippen LogP contribution in [0.4, 0.5) is 13.2 Å². The van der Waals surface area contributed by atoms with Crippen LogP contribution in [0, 0.1) is 0 Å². The largest absolute Gasteiger partial charge is 0.423 e. The molecule has 0 amide bonds. The molecule has 0 aliphatic heterocycles. The molecule has 86 valence electrons. The summed E-state index contributed by atoms with van der Waals surface area (Å²) in [5, 5.41) is 0. The van der Waals surface area contributed by atoms with Gasteiger partial charge >= 0.3 is 11.9 Å². The second-order valence-corrected chi connectivity index (χ2v) is 2.68. The number of carbonyl (C=O) groups is 1.